The number of halogens is 1. The predicted octanol–water partition coefficient (Wildman–Crippen LogP) is 1.74. The molecule has 1 aromatic rings. The highest BCUT2D eigenvalue weighted by atomic mass is 35.5. The van der Waals surface area contributed by atoms with Crippen LogP contribution in [-0.2, 0) is 10.0 Å². The van der Waals surface area contributed by atoms with E-state index in [-0.39, 0.29) is 16.5 Å². The number of hydrogen-bond donors (Lipinski definition) is 2. The zero-order valence-corrected chi connectivity index (χ0v) is 13.5. The van der Waals surface area contributed by atoms with Crippen LogP contribution in [0.5, 0.6) is 5.75 Å². The molecule has 0 bridgehead atoms. The molecule has 0 aromatic heterocycles. The van der Waals surface area contributed by atoms with Gasteiger partial charge in [0.25, 0.3) is 0 Å². The van der Waals surface area contributed by atoms with E-state index in [1.807, 2.05) is 0 Å². The van der Waals surface area contributed by atoms with Crippen molar-refractivity contribution >= 4 is 33.4 Å². The summed E-state index contributed by atoms with van der Waals surface area (Å²) in [6, 6.07) is 4.33. The maximum atomic E-state index is 12.0. The summed E-state index contributed by atoms with van der Waals surface area (Å²) < 4.78 is 31.5. The van der Waals surface area contributed by atoms with E-state index in [0.717, 1.165) is 5.75 Å². The van der Waals surface area contributed by atoms with Crippen LogP contribution in [-0.4, -0.2) is 45.3 Å². The Morgan fingerprint density at radius 1 is 1.40 bits per heavy atom. The van der Waals surface area contributed by atoms with Crippen molar-refractivity contribution in [3.63, 3.8) is 0 Å². The Morgan fingerprint density at radius 2 is 2.15 bits per heavy atom. The predicted molar refractivity (Wildman–Crippen MR) is 82.2 cm³/mol. The third-order valence-electron chi connectivity index (χ3n) is 2.42. The summed E-state index contributed by atoms with van der Waals surface area (Å²) in [6.45, 7) is 0.491. The van der Waals surface area contributed by atoms with E-state index in [1.165, 1.54) is 25.3 Å². The molecule has 0 saturated heterocycles. The van der Waals surface area contributed by atoms with Crippen LogP contribution in [0.15, 0.2) is 23.1 Å². The first-order chi connectivity index (χ1) is 9.51. The molecule has 114 valence electrons. The number of aliphatic hydroxyl groups excluding tert-OH is 1. The van der Waals surface area contributed by atoms with Gasteiger partial charge in [0.15, 0.2) is 0 Å². The van der Waals surface area contributed by atoms with Crippen LogP contribution in [0.4, 0.5) is 0 Å². The fourth-order valence-electron chi connectivity index (χ4n) is 1.41. The van der Waals surface area contributed by atoms with Gasteiger partial charge < -0.3 is 9.84 Å². The number of benzene rings is 1. The molecule has 0 aliphatic carbocycles. The molecule has 0 aliphatic heterocycles. The highest BCUT2D eigenvalue weighted by Crippen LogP contribution is 2.26. The molecule has 0 spiro atoms. The summed E-state index contributed by atoms with van der Waals surface area (Å²) in [5.41, 5.74) is 0. The molecule has 0 fully saturated rings. The second-order valence-electron chi connectivity index (χ2n) is 3.88. The van der Waals surface area contributed by atoms with Gasteiger partial charge in [0.05, 0.1) is 17.0 Å². The molecule has 0 unspecified atom stereocenters. The Bertz CT molecular complexity index is 522. The minimum absolute atomic E-state index is 0.114. The summed E-state index contributed by atoms with van der Waals surface area (Å²) in [4.78, 5) is 0.114. The molecular weight excluding hydrogens is 322 g/mol. The van der Waals surface area contributed by atoms with Gasteiger partial charge in [0, 0.05) is 18.9 Å². The molecule has 0 heterocycles. The summed E-state index contributed by atoms with van der Waals surface area (Å²) in [5, 5.41) is 8.88. The second kappa shape index (κ2) is 8.74. The molecule has 0 atom stereocenters. The van der Waals surface area contributed by atoms with Crippen LogP contribution in [0.1, 0.15) is 6.42 Å². The van der Waals surface area contributed by atoms with Crippen LogP contribution in [0.3, 0.4) is 0 Å². The largest absolute Gasteiger partial charge is 0.495 e. The molecule has 2 N–H and O–H groups in total. The third kappa shape index (κ3) is 5.49. The SMILES string of the molecule is COc1ccc(S(=O)(=O)NCCSCCCO)cc1Cl. The van der Waals surface area contributed by atoms with E-state index in [0.29, 0.717) is 24.5 Å². The number of thioether (sulfide) groups is 1. The van der Waals surface area contributed by atoms with Crippen LogP contribution < -0.4 is 9.46 Å². The average Bonchev–Trinajstić information content (AvgIpc) is 2.42. The lowest BCUT2D eigenvalue weighted by Crippen LogP contribution is -2.26. The van der Waals surface area contributed by atoms with Crippen LogP contribution in [0.2, 0.25) is 5.02 Å². The highest BCUT2D eigenvalue weighted by molar-refractivity contribution is 7.99. The molecule has 5 nitrogen and oxygen atoms in total. The topological polar surface area (TPSA) is 75.6 Å². The Balaban J connectivity index is 2.54. The number of hydrogen-bond acceptors (Lipinski definition) is 5. The van der Waals surface area contributed by atoms with Crippen molar-refractivity contribution in [2.24, 2.45) is 0 Å². The molecule has 0 amide bonds. The number of methoxy groups -OCH3 is 1. The summed E-state index contributed by atoms with van der Waals surface area (Å²) in [6.07, 6.45) is 0.714. The van der Waals surface area contributed by atoms with Crippen molar-refractivity contribution in [3.05, 3.63) is 23.2 Å². The molecular formula is C12H18ClNO4S2. The van der Waals surface area contributed by atoms with Gasteiger partial charge >= 0.3 is 0 Å². The number of rotatable bonds is 9. The highest BCUT2D eigenvalue weighted by Gasteiger charge is 2.15. The van der Waals surface area contributed by atoms with E-state index in [2.05, 4.69) is 4.72 Å². The van der Waals surface area contributed by atoms with E-state index in [1.54, 1.807) is 11.8 Å². The van der Waals surface area contributed by atoms with Gasteiger partial charge in [-0.2, -0.15) is 11.8 Å². The Kier molecular flexibility index (Phi) is 7.68. The summed E-state index contributed by atoms with van der Waals surface area (Å²) in [7, 11) is -2.08. The fourth-order valence-corrected chi connectivity index (χ4v) is 3.71. The quantitative estimate of drug-likeness (QED) is 0.670. The third-order valence-corrected chi connectivity index (χ3v) is 5.24. The first-order valence-electron chi connectivity index (χ1n) is 6.03. The lowest BCUT2D eigenvalue weighted by atomic mass is 10.3. The molecule has 1 aromatic carbocycles. The normalized spacial score (nSPS) is 11.6. The van der Waals surface area contributed by atoms with E-state index in [4.69, 9.17) is 21.4 Å². The van der Waals surface area contributed by atoms with Crippen molar-refractivity contribution in [1.29, 1.82) is 0 Å². The number of nitrogens with one attached hydrogen (secondary N) is 1. The maximum Gasteiger partial charge on any atom is 0.240 e. The molecule has 0 aliphatic rings. The minimum Gasteiger partial charge on any atom is -0.495 e. The number of aliphatic hydroxyl groups is 1. The van der Waals surface area contributed by atoms with Gasteiger partial charge in [-0.3, -0.25) is 0 Å². The zero-order valence-electron chi connectivity index (χ0n) is 11.1. The molecule has 0 radical (unpaired) electrons. The van der Waals surface area contributed by atoms with Gasteiger partial charge in [-0.1, -0.05) is 11.6 Å². The lowest BCUT2D eigenvalue weighted by Gasteiger charge is -2.08. The molecule has 1 rings (SSSR count). The van der Waals surface area contributed by atoms with E-state index in [9.17, 15) is 8.42 Å². The van der Waals surface area contributed by atoms with Crippen molar-refractivity contribution in [3.8, 4) is 5.75 Å². The van der Waals surface area contributed by atoms with E-state index < -0.39 is 10.0 Å². The van der Waals surface area contributed by atoms with Crippen molar-refractivity contribution in [2.75, 3.05) is 31.8 Å². The molecule has 0 saturated carbocycles. The first kappa shape index (κ1) is 17.6. The fraction of sp³-hybridized carbons (Fsp3) is 0.500. The van der Waals surface area contributed by atoms with Crippen LogP contribution in [0.25, 0.3) is 0 Å². The van der Waals surface area contributed by atoms with Gasteiger partial charge in [-0.25, -0.2) is 13.1 Å². The second-order valence-corrected chi connectivity index (χ2v) is 7.28. The Labute approximate surface area is 128 Å². The van der Waals surface area contributed by atoms with Crippen molar-refractivity contribution in [1.82, 2.24) is 4.72 Å². The van der Waals surface area contributed by atoms with Gasteiger partial charge in [0.1, 0.15) is 5.75 Å². The maximum absolute atomic E-state index is 12.0. The zero-order chi connectivity index (χ0) is 15.0. The van der Waals surface area contributed by atoms with Gasteiger partial charge in [-0.05, 0) is 30.4 Å². The van der Waals surface area contributed by atoms with Crippen molar-refractivity contribution in [2.45, 2.75) is 11.3 Å². The summed E-state index contributed by atoms with van der Waals surface area (Å²) >= 11 is 7.50. The lowest BCUT2D eigenvalue weighted by molar-refractivity contribution is 0.296. The standard InChI is InChI=1S/C12H18ClNO4S2/c1-18-12-4-3-10(9-11(12)13)20(16,17)14-5-8-19-7-2-6-15/h3-4,9,14-15H,2,5-8H2,1H3. The molecule has 8 heteroatoms. The summed E-state index contributed by atoms with van der Waals surface area (Å²) in [5.74, 6) is 1.90. The smallest absolute Gasteiger partial charge is 0.240 e. The first-order valence-corrected chi connectivity index (χ1v) is 9.04. The Morgan fingerprint density at radius 3 is 2.75 bits per heavy atom. The van der Waals surface area contributed by atoms with E-state index >= 15 is 0 Å². The minimum atomic E-state index is -3.55. The average molecular weight is 340 g/mol. The van der Waals surface area contributed by atoms with Gasteiger partial charge in [0.2, 0.25) is 10.0 Å². The van der Waals surface area contributed by atoms with Gasteiger partial charge in [-0.15, -0.1) is 0 Å². The number of ether oxygens (including phenoxy) is 1. The van der Waals surface area contributed by atoms with Crippen molar-refractivity contribution < 1.29 is 18.3 Å². The molecule has 20 heavy (non-hydrogen) atoms. The van der Waals surface area contributed by atoms with Crippen LogP contribution >= 0.6 is 23.4 Å². The monoisotopic (exact) mass is 339 g/mol. The van der Waals surface area contributed by atoms with Crippen LogP contribution in [0, 0.1) is 0 Å². The number of sulfonamides is 1. The Hall–Kier alpha value is -0.470.